The number of carbonyl (C=O) groups is 1. The summed E-state index contributed by atoms with van der Waals surface area (Å²) in [5, 5.41) is 14.3. The Labute approximate surface area is 185 Å². The Kier molecular flexibility index (Phi) is 7.11. The molecule has 0 aliphatic carbocycles. The maximum absolute atomic E-state index is 12.9. The van der Waals surface area contributed by atoms with E-state index in [0.29, 0.717) is 31.1 Å². The van der Waals surface area contributed by atoms with Crippen LogP contribution in [-0.4, -0.2) is 37.3 Å². The number of amides is 1. The molecule has 4 rings (SSSR count). The molecule has 0 saturated carbocycles. The molecule has 0 bridgehead atoms. The minimum Gasteiger partial charge on any atom is -0.459 e. The number of aliphatic hydroxyl groups is 1. The van der Waals surface area contributed by atoms with Crippen LogP contribution < -0.4 is 14.8 Å². The van der Waals surface area contributed by atoms with Crippen LogP contribution in [0.3, 0.4) is 0 Å². The van der Waals surface area contributed by atoms with Gasteiger partial charge in [-0.05, 0) is 55.0 Å². The van der Waals surface area contributed by atoms with Gasteiger partial charge in [0.1, 0.15) is 0 Å². The maximum Gasteiger partial charge on any atom is 0.286 e. The molecule has 166 valence electrons. The van der Waals surface area contributed by atoms with Crippen molar-refractivity contribution in [1.29, 1.82) is 0 Å². The van der Waals surface area contributed by atoms with Crippen molar-refractivity contribution in [3.8, 4) is 11.5 Å². The second-order valence-electron chi connectivity index (χ2n) is 7.41. The van der Waals surface area contributed by atoms with Crippen LogP contribution in [-0.2, 0) is 20.8 Å². The number of hydrogen-bond donors (Lipinski definition) is 2. The van der Waals surface area contributed by atoms with E-state index in [2.05, 4.69) is 11.4 Å². The number of allylic oxidation sites excluding steroid dienone is 1. The quantitative estimate of drug-likeness (QED) is 0.614. The fourth-order valence-corrected chi connectivity index (χ4v) is 4.77. The van der Waals surface area contributed by atoms with Gasteiger partial charge in [-0.2, -0.15) is 0 Å². The molecule has 1 amide bonds. The predicted molar refractivity (Wildman–Crippen MR) is 116 cm³/mol. The average molecular weight is 446 g/mol. The largest absolute Gasteiger partial charge is 0.459 e. The lowest BCUT2D eigenvalue weighted by molar-refractivity contribution is -0.166. The first-order chi connectivity index (χ1) is 15.2. The first-order valence-corrected chi connectivity index (χ1v) is 11.4. The van der Waals surface area contributed by atoms with E-state index in [-0.39, 0.29) is 36.9 Å². The number of nitrogens with one attached hydrogen (secondary N) is 1. The smallest absolute Gasteiger partial charge is 0.286 e. The molecule has 2 aliphatic rings. The molecule has 0 radical (unpaired) electrons. The number of hydrogen-bond acceptors (Lipinski definition) is 7. The van der Waals surface area contributed by atoms with Crippen LogP contribution in [0, 0.1) is 5.92 Å². The second-order valence-corrected chi connectivity index (χ2v) is 8.39. The third-order valence-electron chi connectivity index (χ3n) is 5.40. The zero-order valence-electron chi connectivity index (χ0n) is 17.4. The number of aliphatic hydroxyl groups excluding tert-OH is 1. The summed E-state index contributed by atoms with van der Waals surface area (Å²) in [6, 6.07) is 9.66. The van der Waals surface area contributed by atoms with Crippen LogP contribution in [0.4, 0.5) is 0 Å². The Balaban J connectivity index is 1.50. The molecule has 3 heterocycles. The molecular weight excluding hydrogens is 418 g/mol. The Morgan fingerprint density at radius 1 is 1.29 bits per heavy atom. The maximum atomic E-state index is 12.9. The molecule has 0 fully saturated rings. The summed E-state index contributed by atoms with van der Waals surface area (Å²) in [4.78, 5) is 14.1. The van der Waals surface area contributed by atoms with E-state index >= 15 is 0 Å². The molecule has 3 atom stereocenters. The van der Waals surface area contributed by atoms with Crippen molar-refractivity contribution >= 4 is 17.2 Å². The molecule has 0 unspecified atom stereocenters. The number of ether oxygens (including phenoxy) is 4. The lowest BCUT2D eigenvalue weighted by Crippen LogP contribution is -2.38. The van der Waals surface area contributed by atoms with Gasteiger partial charge in [0, 0.05) is 36.5 Å². The zero-order valence-corrected chi connectivity index (χ0v) is 18.2. The minimum atomic E-state index is -0.542. The molecule has 1 aromatic carbocycles. The van der Waals surface area contributed by atoms with Crippen LogP contribution in [0.1, 0.15) is 36.1 Å². The first kappa shape index (κ1) is 21.7. The van der Waals surface area contributed by atoms with E-state index in [1.807, 2.05) is 42.6 Å². The SMILES string of the molecule is CCO[C@H]1OC(C(=O)NCc2ccc3c(c2)OCO3)=C[C@@H](c2cccs2)[C@H]1CCCO. The van der Waals surface area contributed by atoms with Gasteiger partial charge in [0.2, 0.25) is 13.1 Å². The second kappa shape index (κ2) is 10.2. The van der Waals surface area contributed by atoms with Gasteiger partial charge in [0.25, 0.3) is 5.91 Å². The molecule has 8 heteroatoms. The topological polar surface area (TPSA) is 86.3 Å². The monoisotopic (exact) mass is 445 g/mol. The van der Waals surface area contributed by atoms with E-state index in [4.69, 9.17) is 18.9 Å². The molecule has 2 aliphatic heterocycles. The summed E-state index contributed by atoms with van der Waals surface area (Å²) in [5.41, 5.74) is 0.908. The van der Waals surface area contributed by atoms with E-state index in [1.54, 1.807) is 11.3 Å². The van der Waals surface area contributed by atoms with Crippen LogP contribution in [0.15, 0.2) is 47.5 Å². The number of carbonyl (C=O) groups excluding carboxylic acids is 1. The molecule has 31 heavy (non-hydrogen) atoms. The van der Waals surface area contributed by atoms with Crippen LogP contribution in [0.25, 0.3) is 0 Å². The highest BCUT2D eigenvalue weighted by Gasteiger charge is 2.38. The van der Waals surface area contributed by atoms with Crippen molar-refractivity contribution in [2.45, 2.75) is 38.5 Å². The lowest BCUT2D eigenvalue weighted by Gasteiger charge is -2.36. The van der Waals surface area contributed by atoms with E-state index in [1.165, 1.54) is 0 Å². The molecule has 1 aromatic heterocycles. The average Bonchev–Trinajstić information content (AvgIpc) is 3.48. The summed E-state index contributed by atoms with van der Waals surface area (Å²) in [7, 11) is 0. The molecule has 2 aromatic rings. The third-order valence-corrected chi connectivity index (χ3v) is 6.37. The fourth-order valence-electron chi connectivity index (χ4n) is 3.90. The highest BCUT2D eigenvalue weighted by atomic mass is 32.1. The van der Waals surface area contributed by atoms with Gasteiger partial charge in [0.15, 0.2) is 17.3 Å². The standard InChI is InChI=1S/C23H27NO6S/c1-2-27-23-16(5-3-9-25)17(21-6-4-10-31-21)12-20(30-23)22(26)24-13-15-7-8-18-19(11-15)29-14-28-18/h4,6-8,10-12,16-17,23,25H,2-3,5,9,13-14H2,1H3,(H,24,26)/t16-,17-,23+/m1/s1. The summed E-state index contributed by atoms with van der Waals surface area (Å²) >= 11 is 1.65. The first-order valence-electron chi connectivity index (χ1n) is 10.5. The van der Waals surface area contributed by atoms with Crippen LogP contribution >= 0.6 is 11.3 Å². The van der Waals surface area contributed by atoms with Crippen molar-refractivity contribution in [1.82, 2.24) is 5.32 Å². The van der Waals surface area contributed by atoms with Gasteiger partial charge in [-0.1, -0.05) is 12.1 Å². The number of benzene rings is 1. The lowest BCUT2D eigenvalue weighted by atomic mass is 9.84. The van der Waals surface area contributed by atoms with Gasteiger partial charge < -0.3 is 29.4 Å². The third kappa shape index (κ3) is 5.03. The van der Waals surface area contributed by atoms with Crippen LogP contribution in [0.5, 0.6) is 11.5 Å². The highest BCUT2D eigenvalue weighted by Crippen LogP contribution is 2.41. The Bertz CT molecular complexity index is 913. The van der Waals surface area contributed by atoms with Gasteiger partial charge in [-0.3, -0.25) is 4.79 Å². The van der Waals surface area contributed by atoms with Gasteiger partial charge in [0.05, 0.1) is 0 Å². The minimum absolute atomic E-state index is 0.0110. The van der Waals surface area contributed by atoms with Crippen LogP contribution in [0.2, 0.25) is 0 Å². The number of rotatable bonds is 9. The summed E-state index contributed by atoms with van der Waals surface area (Å²) < 4.78 is 22.6. The van der Waals surface area contributed by atoms with E-state index < -0.39 is 6.29 Å². The van der Waals surface area contributed by atoms with Crippen molar-refractivity contribution in [2.24, 2.45) is 5.92 Å². The zero-order chi connectivity index (χ0) is 21.6. The molecule has 0 saturated heterocycles. The fraction of sp³-hybridized carbons (Fsp3) is 0.435. The highest BCUT2D eigenvalue weighted by molar-refractivity contribution is 7.10. The summed E-state index contributed by atoms with van der Waals surface area (Å²) in [6.07, 6.45) is 2.74. The Morgan fingerprint density at radius 2 is 2.16 bits per heavy atom. The molecule has 2 N–H and O–H groups in total. The van der Waals surface area contributed by atoms with Gasteiger partial charge in [-0.25, -0.2) is 0 Å². The normalized spacial score (nSPS) is 22.0. The van der Waals surface area contributed by atoms with Crippen molar-refractivity contribution in [3.05, 3.63) is 58.0 Å². The summed E-state index contributed by atoms with van der Waals surface area (Å²) in [5.74, 6) is 1.38. The Hall–Kier alpha value is -2.55. The van der Waals surface area contributed by atoms with Crippen molar-refractivity contribution in [2.75, 3.05) is 20.0 Å². The van der Waals surface area contributed by atoms with Gasteiger partial charge >= 0.3 is 0 Å². The number of fused-ring (bicyclic) bond motifs is 1. The Morgan fingerprint density at radius 3 is 2.94 bits per heavy atom. The number of thiophene rings is 1. The van der Waals surface area contributed by atoms with E-state index in [9.17, 15) is 9.90 Å². The predicted octanol–water partition coefficient (Wildman–Crippen LogP) is 3.54. The molecular formula is C23H27NO6S. The molecule has 7 nitrogen and oxygen atoms in total. The van der Waals surface area contributed by atoms with Crippen molar-refractivity contribution in [3.63, 3.8) is 0 Å². The molecule has 0 spiro atoms. The van der Waals surface area contributed by atoms with E-state index in [0.717, 1.165) is 16.9 Å². The van der Waals surface area contributed by atoms with Crippen molar-refractivity contribution < 1.29 is 28.8 Å². The van der Waals surface area contributed by atoms with Gasteiger partial charge in [-0.15, -0.1) is 11.3 Å². The summed E-state index contributed by atoms with van der Waals surface area (Å²) in [6.45, 7) is 3.05.